The van der Waals surface area contributed by atoms with Gasteiger partial charge in [0.15, 0.2) is 0 Å². The molecule has 0 spiro atoms. The van der Waals surface area contributed by atoms with Crippen LogP contribution in [-0.2, 0) is 4.79 Å². The van der Waals surface area contributed by atoms with Crippen LogP contribution in [-0.4, -0.2) is 34.9 Å². The molecule has 0 radical (unpaired) electrons. The number of hydrogen-bond acceptors (Lipinski definition) is 3. The van der Waals surface area contributed by atoms with Gasteiger partial charge in [-0.3, -0.25) is 4.79 Å². The highest BCUT2D eigenvalue weighted by molar-refractivity contribution is 5.76. The lowest BCUT2D eigenvalue weighted by atomic mass is 10.0. The van der Waals surface area contributed by atoms with Crippen molar-refractivity contribution >= 4 is 5.91 Å². The van der Waals surface area contributed by atoms with E-state index in [9.17, 15) is 15.0 Å². The molecule has 48 heavy (non-hydrogen) atoms. The van der Waals surface area contributed by atoms with E-state index in [-0.39, 0.29) is 12.5 Å². The van der Waals surface area contributed by atoms with Crippen LogP contribution in [0.2, 0.25) is 0 Å². The van der Waals surface area contributed by atoms with E-state index in [4.69, 9.17) is 0 Å². The summed E-state index contributed by atoms with van der Waals surface area (Å²) in [6.45, 7) is 4.38. The van der Waals surface area contributed by atoms with E-state index >= 15 is 0 Å². The summed E-state index contributed by atoms with van der Waals surface area (Å²) in [6.07, 6.45) is 49.0. The number of carbonyl (C=O) groups excluding carboxylic acids is 1. The van der Waals surface area contributed by atoms with Crippen molar-refractivity contribution in [3.63, 3.8) is 0 Å². The van der Waals surface area contributed by atoms with Gasteiger partial charge in [0, 0.05) is 6.42 Å². The summed E-state index contributed by atoms with van der Waals surface area (Å²) in [4.78, 5) is 12.4. The van der Waals surface area contributed by atoms with Crippen molar-refractivity contribution in [2.24, 2.45) is 0 Å². The number of nitrogens with one attached hydrogen (secondary N) is 1. The predicted octanol–water partition coefficient (Wildman–Crippen LogP) is 13.7. The van der Waals surface area contributed by atoms with Gasteiger partial charge in [-0.25, -0.2) is 0 Å². The minimum atomic E-state index is -0.652. The molecule has 4 nitrogen and oxygen atoms in total. The summed E-state index contributed by atoms with van der Waals surface area (Å²) in [5, 5.41) is 23.2. The van der Waals surface area contributed by atoms with Crippen molar-refractivity contribution in [3.8, 4) is 0 Å². The van der Waals surface area contributed by atoms with Gasteiger partial charge >= 0.3 is 0 Å². The smallest absolute Gasteiger partial charge is 0.220 e. The lowest BCUT2D eigenvalue weighted by molar-refractivity contribution is -0.123. The molecular formula is C44H89NO3. The highest BCUT2D eigenvalue weighted by Crippen LogP contribution is 2.17. The standard InChI is InChI=1S/C44H89NO3/c1-3-5-7-9-11-13-15-17-18-19-20-21-22-23-24-25-26-28-29-31-33-35-37-39-43(47)42(41-46)45-44(48)40-38-36-34-32-30-27-16-14-12-10-8-6-4-2/h42-43,46-47H,3-41H2,1-2H3,(H,45,48). The van der Waals surface area contributed by atoms with Crippen LogP contribution < -0.4 is 5.32 Å². The normalized spacial score (nSPS) is 12.8. The molecule has 288 valence electrons. The highest BCUT2D eigenvalue weighted by Gasteiger charge is 2.20. The first-order chi connectivity index (χ1) is 23.7. The van der Waals surface area contributed by atoms with Crippen LogP contribution in [0, 0.1) is 0 Å². The molecule has 0 aromatic carbocycles. The van der Waals surface area contributed by atoms with Crippen LogP contribution in [0.5, 0.6) is 0 Å². The molecule has 0 aliphatic heterocycles. The monoisotopic (exact) mass is 680 g/mol. The van der Waals surface area contributed by atoms with Crippen LogP contribution in [0.4, 0.5) is 0 Å². The van der Waals surface area contributed by atoms with Gasteiger partial charge in [0.2, 0.25) is 5.91 Å². The van der Waals surface area contributed by atoms with Crippen molar-refractivity contribution in [3.05, 3.63) is 0 Å². The third-order valence-corrected chi connectivity index (χ3v) is 10.6. The van der Waals surface area contributed by atoms with E-state index in [1.807, 2.05) is 0 Å². The van der Waals surface area contributed by atoms with Crippen molar-refractivity contribution < 1.29 is 15.0 Å². The Morgan fingerprint density at radius 3 is 0.938 bits per heavy atom. The topological polar surface area (TPSA) is 69.6 Å². The average Bonchev–Trinajstić information content (AvgIpc) is 3.09. The molecule has 4 heteroatoms. The Morgan fingerprint density at radius 1 is 0.417 bits per heavy atom. The van der Waals surface area contributed by atoms with E-state index in [0.29, 0.717) is 12.8 Å². The molecule has 0 aliphatic carbocycles. The molecular weight excluding hydrogens is 590 g/mol. The van der Waals surface area contributed by atoms with Gasteiger partial charge in [0.1, 0.15) is 0 Å². The molecule has 0 saturated heterocycles. The summed E-state index contributed by atoms with van der Waals surface area (Å²) in [5.74, 6) is -0.0273. The molecule has 0 rings (SSSR count). The maximum absolute atomic E-state index is 12.4. The molecule has 2 unspecified atom stereocenters. The molecule has 2 atom stereocenters. The zero-order valence-corrected chi connectivity index (χ0v) is 33.0. The Labute approximate surface area is 302 Å². The first-order valence-corrected chi connectivity index (χ1v) is 22.2. The summed E-state index contributed by atoms with van der Waals surface area (Å²) >= 11 is 0. The summed E-state index contributed by atoms with van der Waals surface area (Å²) in [7, 11) is 0. The number of rotatable bonds is 41. The van der Waals surface area contributed by atoms with Gasteiger partial charge in [-0.15, -0.1) is 0 Å². The lowest BCUT2D eigenvalue weighted by Gasteiger charge is -2.22. The summed E-state index contributed by atoms with van der Waals surface area (Å²) in [6, 6.07) is -0.529. The van der Waals surface area contributed by atoms with Gasteiger partial charge in [-0.1, -0.05) is 239 Å². The zero-order chi connectivity index (χ0) is 35.0. The van der Waals surface area contributed by atoms with Crippen LogP contribution in [0.25, 0.3) is 0 Å². The van der Waals surface area contributed by atoms with Crippen LogP contribution in [0.15, 0.2) is 0 Å². The van der Waals surface area contributed by atoms with E-state index in [1.54, 1.807) is 0 Å². The maximum atomic E-state index is 12.4. The second-order valence-electron chi connectivity index (χ2n) is 15.5. The Bertz CT molecular complexity index is 612. The minimum Gasteiger partial charge on any atom is -0.394 e. The van der Waals surface area contributed by atoms with E-state index in [0.717, 1.165) is 25.7 Å². The number of hydrogen-bond donors (Lipinski definition) is 3. The van der Waals surface area contributed by atoms with Crippen LogP contribution in [0.3, 0.4) is 0 Å². The predicted molar refractivity (Wildman–Crippen MR) is 212 cm³/mol. The molecule has 1 amide bonds. The van der Waals surface area contributed by atoms with Crippen molar-refractivity contribution in [2.45, 2.75) is 270 Å². The van der Waals surface area contributed by atoms with Crippen LogP contribution in [0.1, 0.15) is 258 Å². The Hall–Kier alpha value is -0.610. The van der Waals surface area contributed by atoms with Crippen LogP contribution >= 0.6 is 0 Å². The molecule has 0 fully saturated rings. The van der Waals surface area contributed by atoms with Gasteiger partial charge in [0.25, 0.3) is 0 Å². The lowest BCUT2D eigenvalue weighted by Crippen LogP contribution is -2.45. The van der Waals surface area contributed by atoms with E-state index in [1.165, 1.54) is 205 Å². The summed E-state index contributed by atoms with van der Waals surface area (Å²) < 4.78 is 0. The fourth-order valence-corrected chi connectivity index (χ4v) is 7.19. The van der Waals surface area contributed by atoms with Crippen molar-refractivity contribution in [2.75, 3.05) is 6.61 Å². The number of aliphatic hydroxyl groups excluding tert-OH is 2. The fourth-order valence-electron chi connectivity index (χ4n) is 7.19. The maximum Gasteiger partial charge on any atom is 0.220 e. The molecule has 0 aliphatic rings. The molecule has 0 bridgehead atoms. The second-order valence-corrected chi connectivity index (χ2v) is 15.5. The number of aliphatic hydroxyl groups is 2. The number of amides is 1. The van der Waals surface area contributed by atoms with E-state index < -0.39 is 12.1 Å². The largest absolute Gasteiger partial charge is 0.394 e. The van der Waals surface area contributed by atoms with Gasteiger partial charge in [-0.2, -0.15) is 0 Å². The number of carbonyl (C=O) groups is 1. The molecule has 0 aromatic rings. The van der Waals surface area contributed by atoms with E-state index in [2.05, 4.69) is 19.2 Å². The van der Waals surface area contributed by atoms with Crippen molar-refractivity contribution in [1.82, 2.24) is 5.32 Å². The Morgan fingerprint density at radius 2 is 0.667 bits per heavy atom. The Kier molecular flexibility index (Phi) is 40.3. The summed E-state index contributed by atoms with van der Waals surface area (Å²) in [5.41, 5.74) is 0. The SMILES string of the molecule is CCCCCCCCCCCCCCCCCCCCCCCCCC(O)C(CO)NC(=O)CCCCCCCCCCCCCCC. The number of unbranched alkanes of at least 4 members (excludes halogenated alkanes) is 34. The molecule has 3 N–H and O–H groups in total. The fraction of sp³-hybridized carbons (Fsp3) is 0.977. The molecule has 0 heterocycles. The van der Waals surface area contributed by atoms with Gasteiger partial charge < -0.3 is 15.5 Å². The molecule has 0 saturated carbocycles. The zero-order valence-electron chi connectivity index (χ0n) is 33.0. The van der Waals surface area contributed by atoms with Gasteiger partial charge in [0.05, 0.1) is 18.8 Å². The third kappa shape index (κ3) is 36.7. The quantitative estimate of drug-likeness (QED) is 0.0563. The average molecular weight is 680 g/mol. The molecule has 0 aromatic heterocycles. The minimum absolute atomic E-state index is 0.0273. The van der Waals surface area contributed by atoms with Gasteiger partial charge in [-0.05, 0) is 12.8 Å². The first-order valence-electron chi connectivity index (χ1n) is 22.2. The third-order valence-electron chi connectivity index (χ3n) is 10.6. The Balaban J connectivity index is 3.44. The highest BCUT2D eigenvalue weighted by atomic mass is 16.3. The van der Waals surface area contributed by atoms with Crippen molar-refractivity contribution in [1.29, 1.82) is 0 Å². The first kappa shape index (κ1) is 47.4. The second kappa shape index (κ2) is 40.8.